The van der Waals surface area contributed by atoms with Crippen molar-refractivity contribution in [3.8, 4) is 5.75 Å². The van der Waals surface area contributed by atoms with E-state index in [4.69, 9.17) is 9.47 Å². The third-order valence-electron chi connectivity index (χ3n) is 13.1. The van der Waals surface area contributed by atoms with E-state index in [1.165, 1.54) is 0 Å². The molecule has 5 atom stereocenters. The molecule has 1 N–H and O–H groups in total. The lowest BCUT2D eigenvalue weighted by atomic mass is 9.63. The van der Waals surface area contributed by atoms with Crippen molar-refractivity contribution in [1.29, 1.82) is 0 Å². The second kappa shape index (κ2) is 13.6. The van der Waals surface area contributed by atoms with Crippen LogP contribution in [0.15, 0.2) is 109 Å². The first-order valence-electron chi connectivity index (χ1n) is 19.7. The number of carbonyl (C=O) groups is 3. The predicted molar refractivity (Wildman–Crippen MR) is 216 cm³/mol. The van der Waals surface area contributed by atoms with Crippen LogP contribution in [0.5, 0.6) is 5.75 Å². The lowest BCUT2D eigenvalue weighted by Gasteiger charge is -2.39. The summed E-state index contributed by atoms with van der Waals surface area (Å²) in [6.45, 7) is 7.30. The van der Waals surface area contributed by atoms with Crippen molar-refractivity contribution in [2.24, 2.45) is 11.8 Å². The number of methoxy groups -OCH3 is 1. The summed E-state index contributed by atoms with van der Waals surface area (Å²) in [5, 5.41) is 12.1. The summed E-state index contributed by atoms with van der Waals surface area (Å²) in [6, 6.07) is 35.3. The number of hydrogen-bond donors (Lipinski definition) is 1. The Morgan fingerprint density at radius 2 is 1.62 bits per heavy atom. The number of anilines is 3. The Hall–Kier alpha value is -5.51. The first kappa shape index (κ1) is 36.1. The van der Waals surface area contributed by atoms with Crippen LogP contribution >= 0.6 is 0 Å². The number of rotatable bonds is 9. The Morgan fingerprint density at radius 1 is 0.911 bits per heavy atom. The van der Waals surface area contributed by atoms with E-state index in [0.29, 0.717) is 18.7 Å². The van der Waals surface area contributed by atoms with Gasteiger partial charge >= 0.3 is 0 Å². The number of carbonyl (C=O) groups excluding carboxylic acids is 3. The van der Waals surface area contributed by atoms with Crippen LogP contribution in [0.4, 0.5) is 17.1 Å². The van der Waals surface area contributed by atoms with E-state index in [0.717, 1.165) is 63.1 Å². The summed E-state index contributed by atoms with van der Waals surface area (Å²) in [7, 11) is 1.65. The number of likely N-dealkylation sites (tertiary alicyclic amines) is 1. The molecule has 0 aliphatic carbocycles. The number of benzene rings is 5. The maximum absolute atomic E-state index is 15.2. The molecule has 3 amide bonds. The zero-order valence-electron chi connectivity index (χ0n) is 32.3. The van der Waals surface area contributed by atoms with E-state index in [1.807, 2.05) is 102 Å². The molecule has 9 heteroatoms. The first-order valence-corrected chi connectivity index (χ1v) is 19.7. The third kappa shape index (κ3) is 5.39. The molecule has 2 fully saturated rings. The van der Waals surface area contributed by atoms with Crippen LogP contribution < -0.4 is 14.5 Å². The van der Waals surface area contributed by atoms with Gasteiger partial charge in [0, 0.05) is 35.0 Å². The topological polar surface area (TPSA) is 99.6 Å². The molecule has 2 saturated heterocycles. The molecule has 4 aliphatic rings. The van der Waals surface area contributed by atoms with E-state index in [1.54, 1.807) is 16.9 Å². The average Bonchev–Trinajstić information content (AvgIpc) is 3.95. The summed E-state index contributed by atoms with van der Waals surface area (Å²) >= 11 is 0. The van der Waals surface area contributed by atoms with Crippen molar-refractivity contribution in [3.63, 3.8) is 0 Å². The Labute approximate surface area is 327 Å². The number of fused-ring (bicyclic) bond motifs is 2. The van der Waals surface area contributed by atoms with Gasteiger partial charge in [0.05, 0.1) is 55.8 Å². The minimum Gasteiger partial charge on any atom is -0.497 e. The Kier molecular flexibility index (Phi) is 8.78. The van der Waals surface area contributed by atoms with Crippen molar-refractivity contribution in [1.82, 2.24) is 4.90 Å². The first-order chi connectivity index (χ1) is 27.1. The minimum atomic E-state index is -1.32. The largest absolute Gasteiger partial charge is 0.497 e. The molecule has 9 rings (SSSR count). The van der Waals surface area contributed by atoms with E-state index >= 15 is 4.79 Å². The minimum absolute atomic E-state index is 0.0562. The summed E-state index contributed by atoms with van der Waals surface area (Å²) in [5.74, 6) is -0.0382. The highest BCUT2D eigenvalue weighted by Gasteiger charge is 2.66. The third-order valence-corrected chi connectivity index (χ3v) is 13.1. The van der Waals surface area contributed by atoms with Gasteiger partial charge in [-0.15, -0.1) is 0 Å². The van der Waals surface area contributed by atoms with Gasteiger partial charge in [-0.2, -0.15) is 0 Å². The van der Waals surface area contributed by atoms with E-state index < -0.39 is 17.1 Å². The predicted octanol–water partition coefficient (Wildman–Crippen LogP) is 7.88. The van der Waals surface area contributed by atoms with Gasteiger partial charge < -0.3 is 24.4 Å². The fourth-order valence-corrected chi connectivity index (χ4v) is 10.4. The van der Waals surface area contributed by atoms with E-state index in [-0.39, 0.29) is 48.6 Å². The maximum Gasteiger partial charge on any atom is 0.264 e. The van der Waals surface area contributed by atoms with Crippen molar-refractivity contribution >= 4 is 45.6 Å². The van der Waals surface area contributed by atoms with Gasteiger partial charge in [-0.1, -0.05) is 87.5 Å². The smallest absolute Gasteiger partial charge is 0.264 e. The van der Waals surface area contributed by atoms with Gasteiger partial charge in [0.1, 0.15) is 5.75 Å². The molecule has 5 aromatic rings. The lowest BCUT2D eigenvalue weighted by Crippen LogP contribution is -2.45. The van der Waals surface area contributed by atoms with E-state index in [9.17, 15) is 14.7 Å². The van der Waals surface area contributed by atoms with Crippen LogP contribution in [0.25, 0.3) is 10.8 Å². The number of hydrogen-bond acceptors (Lipinski definition) is 6. The summed E-state index contributed by atoms with van der Waals surface area (Å²) in [5.41, 5.74) is 4.07. The van der Waals surface area contributed by atoms with Gasteiger partial charge in [-0.3, -0.25) is 19.3 Å². The molecule has 0 bridgehead atoms. The van der Waals surface area contributed by atoms with Gasteiger partial charge in [-0.05, 0) is 77.2 Å². The molecule has 0 radical (unpaired) electrons. The van der Waals surface area contributed by atoms with Crippen LogP contribution in [-0.2, 0) is 31.9 Å². The molecule has 0 saturated carbocycles. The van der Waals surface area contributed by atoms with Crippen molar-refractivity contribution in [2.75, 3.05) is 30.1 Å². The highest BCUT2D eigenvalue weighted by Crippen LogP contribution is 2.60. The number of ether oxygens (including phenoxy) is 2. The number of amides is 3. The Morgan fingerprint density at radius 3 is 2.36 bits per heavy atom. The highest BCUT2D eigenvalue weighted by molar-refractivity contribution is 6.27. The zero-order chi connectivity index (χ0) is 38.9. The molecule has 0 aromatic heterocycles. The van der Waals surface area contributed by atoms with Crippen LogP contribution in [0, 0.1) is 11.8 Å². The van der Waals surface area contributed by atoms with Gasteiger partial charge in [-0.25, -0.2) is 0 Å². The fourth-order valence-electron chi connectivity index (χ4n) is 10.4. The molecule has 5 aromatic carbocycles. The lowest BCUT2D eigenvalue weighted by molar-refractivity contribution is -0.150. The molecule has 56 heavy (non-hydrogen) atoms. The molecule has 286 valence electrons. The highest BCUT2D eigenvalue weighted by atomic mass is 16.5. The van der Waals surface area contributed by atoms with Crippen molar-refractivity contribution in [2.45, 2.75) is 69.7 Å². The number of aliphatic hydroxyl groups is 1. The van der Waals surface area contributed by atoms with Crippen LogP contribution in [0.2, 0.25) is 0 Å². The molecule has 4 aliphatic heterocycles. The summed E-state index contributed by atoms with van der Waals surface area (Å²) < 4.78 is 12.6. The van der Waals surface area contributed by atoms with Crippen LogP contribution in [-0.4, -0.2) is 60.1 Å². The fraction of sp³-hybridized carbons (Fsp3) is 0.340. The zero-order valence-corrected chi connectivity index (χ0v) is 32.3. The standard InChI is InChI=1S/C47H47N3O6/c1-29-43(46(2,3)32-19-23-35(55-4)24-20-32)40(26-41(52)48-25-9-12-34(48)28-51)56-47(29)37-14-5-6-15-38(37)49(45(47)54)27-30-17-21-33(22-18-30)50-39-16-8-11-31-10-7-13-36(42(31)39)44(50)53/h5-8,10-11,13-24,29,34,40,43,51H,9,12,25-28H2,1-4H3/t29-,34-,40+,43-,47+/m0/s1. The summed E-state index contributed by atoms with van der Waals surface area (Å²) in [4.78, 5) is 48.3. The number of para-hydroxylation sites is 1. The van der Waals surface area contributed by atoms with Gasteiger partial charge in [0.15, 0.2) is 5.60 Å². The molecule has 0 unspecified atom stereocenters. The molecule has 1 spiro atoms. The van der Waals surface area contributed by atoms with Crippen LogP contribution in [0.3, 0.4) is 0 Å². The Balaban J connectivity index is 1.05. The van der Waals surface area contributed by atoms with E-state index in [2.05, 4.69) is 32.9 Å². The SMILES string of the molecule is COc1ccc(C(C)(C)[C@@H]2[C@@H](CC(=O)N3CCC[C@H]3CO)O[C@]3(C(=O)N(Cc4ccc(N5C(=O)c6cccc7cccc5c67)cc4)c4ccccc43)[C@H]2C)cc1. The second-order valence-corrected chi connectivity index (χ2v) is 16.3. The molecular weight excluding hydrogens is 703 g/mol. The average molecular weight is 750 g/mol. The van der Waals surface area contributed by atoms with Gasteiger partial charge in [0.25, 0.3) is 11.8 Å². The molecule has 4 heterocycles. The molecular formula is C47H47N3O6. The normalized spacial score (nSPS) is 24.2. The maximum atomic E-state index is 15.2. The Bertz CT molecular complexity index is 2350. The number of nitrogens with zero attached hydrogens (tertiary/aromatic N) is 3. The summed E-state index contributed by atoms with van der Waals surface area (Å²) in [6.07, 6.45) is 1.16. The second-order valence-electron chi connectivity index (χ2n) is 16.3. The monoisotopic (exact) mass is 749 g/mol. The van der Waals surface area contributed by atoms with Crippen molar-refractivity contribution in [3.05, 3.63) is 131 Å². The van der Waals surface area contributed by atoms with Crippen LogP contribution in [0.1, 0.15) is 67.1 Å². The van der Waals surface area contributed by atoms with Gasteiger partial charge in [0.2, 0.25) is 5.91 Å². The van der Waals surface area contributed by atoms with Crippen molar-refractivity contribution < 1.29 is 29.0 Å². The quantitative estimate of drug-likeness (QED) is 0.165. The number of aliphatic hydroxyl groups excluding tert-OH is 1. The molecule has 9 nitrogen and oxygen atoms in total.